The second-order valence-corrected chi connectivity index (χ2v) is 6.08. The molecular formula is C17H24N4O4. The van der Waals surface area contributed by atoms with Gasteiger partial charge in [-0.3, -0.25) is 9.69 Å². The minimum absolute atomic E-state index is 0.151. The van der Waals surface area contributed by atoms with Crippen molar-refractivity contribution in [3.8, 4) is 11.5 Å². The number of ether oxygens (including phenoxy) is 2. The Labute approximate surface area is 147 Å². The summed E-state index contributed by atoms with van der Waals surface area (Å²) in [4.78, 5) is 28.2. The topological polar surface area (TPSA) is 83.1 Å². The van der Waals surface area contributed by atoms with E-state index in [0.29, 0.717) is 32.7 Å². The van der Waals surface area contributed by atoms with Gasteiger partial charge in [0.15, 0.2) is 11.5 Å². The van der Waals surface area contributed by atoms with Crippen molar-refractivity contribution in [3.05, 3.63) is 23.8 Å². The van der Waals surface area contributed by atoms with Crippen LogP contribution in [0.15, 0.2) is 18.2 Å². The highest BCUT2D eigenvalue weighted by Gasteiger charge is 2.34. The van der Waals surface area contributed by atoms with Crippen LogP contribution in [0.2, 0.25) is 0 Å². The Morgan fingerprint density at radius 3 is 2.80 bits per heavy atom. The predicted octanol–water partition coefficient (Wildman–Crippen LogP) is 0.377. The van der Waals surface area contributed by atoms with Gasteiger partial charge in [0.25, 0.3) is 0 Å². The van der Waals surface area contributed by atoms with Crippen molar-refractivity contribution in [1.29, 1.82) is 0 Å². The van der Waals surface area contributed by atoms with Gasteiger partial charge in [0.1, 0.15) is 6.04 Å². The number of piperazine rings is 1. The lowest BCUT2D eigenvalue weighted by atomic mass is 10.1. The van der Waals surface area contributed by atoms with E-state index in [0.717, 1.165) is 17.1 Å². The Kier molecular flexibility index (Phi) is 5.28. The standard InChI is InChI=1S/C17H24N4O4/c1-3-19-17(23)21-7-6-20(10-13(21)16(22)18-2)9-12-4-5-14-15(8-12)25-11-24-14/h4-5,8,13H,3,6-7,9-11H2,1-2H3,(H,18,22)(H,19,23). The van der Waals surface area contributed by atoms with Crippen LogP contribution in [-0.4, -0.2) is 67.8 Å². The molecule has 3 amide bonds. The molecule has 1 aromatic carbocycles. The van der Waals surface area contributed by atoms with Crippen molar-refractivity contribution in [1.82, 2.24) is 20.4 Å². The SMILES string of the molecule is CCNC(=O)N1CCN(Cc2ccc3c(c2)OCO3)CC1C(=O)NC. The van der Waals surface area contributed by atoms with Crippen LogP contribution >= 0.6 is 0 Å². The first-order chi connectivity index (χ1) is 12.1. The van der Waals surface area contributed by atoms with E-state index in [1.165, 1.54) is 0 Å². The van der Waals surface area contributed by atoms with Crippen molar-refractivity contribution in [2.24, 2.45) is 0 Å². The van der Waals surface area contributed by atoms with Crippen molar-refractivity contribution in [2.75, 3.05) is 40.0 Å². The molecule has 0 spiro atoms. The fourth-order valence-corrected chi connectivity index (χ4v) is 3.17. The van der Waals surface area contributed by atoms with Gasteiger partial charge in [0.05, 0.1) is 0 Å². The number of carbonyl (C=O) groups is 2. The van der Waals surface area contributed by atoms with Gasteiger partial charge in [-0.25, -0.2) is 4.79 Å². The third-order valence-corrected chi connectivity index (χ3v) is 4.45. The number of likely N-dealkylation sites (N-methyl/N-ethyl adjacent to an activating group) is 1. The Hall–Kier alpha value is -2.48. The molecule has 1 atom stereocenters. The van der Waals surface area contributed by atoms with Gasteiger partial charge in [0, 0.05) is 39.8 Å². The van der Waals surface area contributed by atoms with Gasteiger partial charge in [0.2, 0.25) is 12.7 Å². The average molecular weight is 348 g/mol. The molecule has 0 saturated carbocycles. The maximum absolute atomic E-state index is 12.2. The van der Waals surface area contributed by atoms with Crippen LogP contribution < -0.4 is 20.1 Å². The second-order valence-electron chi connectivity index (χ2n) is 6.08. The highest BCUT2D eigenvalue weighted by molar-refractivity contribution is 5.87. The Morgan fingerprint density at radius 2 is 2.04 bits per heavy atom. The van der Waals surface area contributed by atoms with Gasteiger partial charge in [-0.15, -0.1) is 0 Å². The molecule has 2 heterocycles. The van der Waals surface area contributed by atoms with Crippen molar-refractivity contribution < 1.29 is 19.1 Å². The van der Waals surface area contributed by atoms with E-state index in [-0.39, 0.29) is 18.7 Å². The van der Waals surface area contributed by atoms with Crippen molar-refractivity contribution >= 4 is 11.9 Å². The molecule has 25 heavy (non-hydrogen) atoms. The number of urea groups is 1. The molecule has 136 valence electrons. The van der Waals surface area contributed by atoms with Gasteiger partial charge < -0.3 is 25.0 Å². The first-order valence-corrected chi connectivity index (χ1v) is 8.49. The monoisotopic (exact) mass is 348 g/mol. The maximum Gasteiger partial charge on any atom is 0.318 e. The van der Waals surface area contributed by atoms with Crippen LogP contribution in [-0.2, 0) is 11.3 Å². The van der Waals surface area contributed by atoms with Crippen LogP contribution in [0.1, 0.15) is 12.5 Å². The van der Waals surface area contributed by atoms with Crippen LogP contribution in [0.5, 0.6) is 11.5 Å². The number of fused-ring (bicyclic) bond motifs is 1. The summed E-state index contributed by atoms with van der Waals surface area (Å²) in [5, 5.41) is 5.43. The van der Waals surface area contributed by atoms with E-state index >= 15 is 0 Å². The van der Waals surface area contributed by atoms with Crippen LogP contribution in [0.3, 0.4) is 0 Å². The quantitative estimate of drug-likeness (QED) is 0.822. The number of benzene rings is 1. The molecule has 1 unspecified atom stereocenters. The lowest BCUT2D eigenvalue weighted by Gasteiger charge is -2.40. The third kappa shape index (κ3) is 3.79. The number of carbonyl (C=O) groups excluding carboxylic acids is 2. The lowest BCUT2D eigenvalue weighted by molar-refractivity contribution is -0.127. The number of amides is 3. The number of rotatable bonds is 4. The lowest BCUT2D eigenvalue weighted by Crippen LogP contribution is -2.61. The third-order valence-electron chi connectivity index (χ3n) is 4.45. The molecule has 0 aromatic heterocycles. The number of hydrogen-bond acceptors (Lipinski definition) is 5. The normalized spacial score (nSPS) is 19.6. The molecule has 3 rings (SSSR count). The first kappa shape index (κ1) is 17.3. The van der Waals surface area contributed by atoms with Crippen LogP contribution in [0, 0.1) is 0 Å². The summed E-state index contributed by atoms with van der Waals surface area (Å²) in [5.41, 5.74) is 1.09. The highest BCUT2D eigenvalue weighted by Crippen LogP contribution is 2.33. The Bertz CT molecular complexity index is 652. The molecule has 2 aliphatic heterocycles. The summed E-state index contributed by atoms with van der Waals surface area (Å²) in [6.07, 6.45) is 0. The molecule has 0 bridgehead atoms. The number of nitrogens with one attached hydrogen (secondary N) is 2. The zero-order valence-electron chi connectivity index (χ0n) is 14.6. The summed E-state index contributed by atoms with van der Waals surface area (Å²) < 4.78 is 10.7. The Balaban J connectivity index is 1.68. The van der Waals surface area contributed by atoms with Crippen molar-refractivity contribution in [2.45, 2.75) is 19.5 Å². The zero-order chi connectivity index (χ0) is 17.8. The summed E-state index contributed by atoms with van der Waals surface area (Å²) >= 11 is 0. The molecule has 0 radical (unpaired) electrons. The minimum Gasteiger partial charge on any atom is -0.454 e. The van der Waals surface area contributed by atoms with E-state index in [2.05, 4.69) is 15.5 Å². The van der Waals surface area contributed by atoms with Crippen molar-refractivity contribution in [3.63, 3.8) is 0 Å². The molecule has 2 N–H and O–H groups in total. The molecule has 1 aromatic rings. The fourth-order valence-electron chi connectivity index (χ4n) is 3.17. The van der Waals surface area contributed by atoms with E-state index in [4.69, 9.17) is 9.47 Å². The van der Waals surface area contributed by atoms with Gasteiger partial charge in [-0.05, 0) is 24.6 Å². The molecule has 0 aliphatic carbocycles. The smallest absolute Gasteiger partial charge is 0.318 e. The van der Waals surface area contributed by atoms with Gasteiger partial charge in [-0.2, -0.15) is 0 Å². The molecule has 2 aliphatic rings. The minimum atomic E-state index is -0.501. The molecular weight excluding hydrogens is 324 g/mol. The summed E-state index contributed by atoms with van der Waals surface area (Å²) in [6, 6.07) is 5.17. The van der Waals surface area contributed by atoms with Crippen LogP contribution in [0.25, 0.3) is 0 Å². The van der Waals surface area contributed by atoms with E-state index in [1.807, 2.05) is 25.1 Å². The molecule has 8 nitrogen and oxygen atoms in total. The van der Waals surface area contributed by atoms with Gasteiger partial charge in [-0.1, -0.05) is 6.07 Å². The zero-order valence-corrected chi connectivity index (χ0v) is 14.6. The van der Waals surface area contributed by atoms with Crippen LogP contribution in [0.4, 0.5) is 4.79 Å². The van der Waals surface area contributed by atoms with E-state index in [9.17, 15) is 9.59 Å². The summed E-state index contributed by atoms with van der Waals surface area (Å²) in [5.74, 6) is 1.36. The highest BCUT2D eigenvalue weighted by atomic mass is 16.7. The first-order valence-electron chi connectivity index (χ1n) is 8.49. The Morgan fingerprint density at radius 1 is 1.24 bits per heavy atom. The van der Waals surface area contributed by atoms with E-state index < -0.39 is 6.04 Å². The predicted molar refractivity (Wildman–Crippen MR) is 91.5 cm³/mol. The number of hydrogen-bond donors (Lipinski definition) is 2. The summed E-state index contributed by atoms with van der Waals surface area (Å²) in [7, 11) is 1.59. The van der Waals surface area contributed by atoms with Gasteiger partial charge >= 0.3 is 6.03 Å². The average Bonchev–Trinajstić information content (AvgIpc) is 3.09. The number of nitrogens with zero attached hydrogens (tertiary/aromatic N) is 2. The molecule has 1 saturated heterocycles. The maximum atomic E-state index is 12.2. The fraction of sp³-hybridized carbons (Fsp3) is 0.529. The second kappa shape index (κ2) is 7.60. The molecule has 8 heteroatoms. The van der Waals surface area contributed by atoms with E-state index in [1.54, 1.807) is 11.9 Å². The largest absolute Gasteiger partial charge is 0.454 e. The summed E-state index contributed by atoms with van der Waals surface area (Å²) in [6.45, 7) is 5.05. The molecule has 1 fully saturated rings.